The van der Waals surface area contributed by atoms with Crippen LogP contribution in [0.5, 0.6) is 0 Å². The van der Waals surface area contributed by atoms with Gasteiger partial charge in [-0.05, 0) is 32.8 Å². The van der Waals surface area contributed by atoms with Gasteiger partial charge >= 0.3 is 0 Å². The molecular weight excluding hydrogens is 258 g/mol. The van der Waals surface area contributed by atoms with E-state index in [1.165, 1.54) is 5.56 Å². The Balaban J connectivity index is 2.80. The van der Waals surface area contributed by atoms with Gasteiger partial charge in [0.05, 0.1) is 11.9 Å². The molecule has 0 amide bonds. The van der Waals surface area contributed by atoms with Crippen LogP contribution in [0, 0.1) is 5.92 Å². The number of nitrogens with zero attached hydrogens (tertiary/aromatic N) is 1. The maximum atomic E-state index is 12.0. The second-order valence-electron chi connectivity index (χ2n) is 5.59. The summed E-state index contributed by atoms with van der Waals surface area (Å²) in [6.45, 7) is 7.75. The van der Waals surface area contributed by atoms with Gasteiger partial charge in [-0.25, -0.2) is 4.21 Å². The molecule has 2 atom stereocenters. The standard InChI is InChI=1S/C15H23NO2S/c1-12(11-13-9-7-6-8-10-13)14(18-5)16-19(17)15(2,3)4/h6-10,12H,11H2,1-5H3/b16-14-/t12-,19-/m1/s1. The van der Waals surface area contributed by atoms with Crippen LogP contribution in [0.25, 0.3) is 0 Å². The van der Waals surface area contributed by atoms with E-state index in [-0.39, 0.29) is 10.7 Å². The first-order valence-electron chi connectivity index (χ1n) is 6.43. The molecule has 106 valence electrons. The van der Waals surface area contributed by atoms with Crippen LogP contribution in [0.2, 0.25) is 0 Å². The van der Waals surface area contributed by atoms with E-state index >= 15 is 0 Å². The average Bonchev–Trinajstić information content (AvgIpc) is 2.35. The van der Waals surface area contributed by atoms with Gasteiger partial charge in [0.15, 0.2) is 0 Å². The highest BCUT2D eigenvalue weighted by molar-refractivity contribution is 7.85. The number of rotatable bonds is 4. The normalized spacial score (nSPS) is 15.9. The molecule has 0 N–H and O–H groups in total. The molecular formula is C15H23NO2S. The molecule has 0 aliphatic rings. The van der Waals surface area contributed by atoms with Gasteiger partial charge in [-0.2, -0.15) is 4.40 Å². The van der Waals surface area contributed by atoms with Gasteiger partial charge in [-0.3, -0.25) is 0 Å². The molecule has 0 aliphatic heterocycles. The monoisotopic (exact) mass is 281 g/mol. The summed E-state index contributed by atoms with van der Waals surface area (Å²) in [5.74, 6) is 0.663. The molecule has 0 aromatic heterocycles. The van der Waals surface area contributed by atoms with E-state index in [0.717, 1.165) is 6.42 Å². The Morgan fingerprint density at radius 3 is 2.37 bits per heavy atom. The molecule has 19 heavy (non-hydrogen) atoms. The zero-order chi connectivity index (χ0) is 14.5. The molecule has 0 saturated heterocycles. The Morgan fingerprint density at radius 2 is 1.89 bits per heavy atom. The number of ether oxygens (including phenoxy) is 1. The molecule has 1 rings (SSSR count). The average molecular weight is 281 g/mol. The van der Waals surface area contributed by atoms with Crippen LogP contribution in [0.3, 0.4) is 0 Å². The van der Waals surface area contributed by atoms with Crippen LogP contribution in [0.1, 0.15) is 33.3 Å². The lowest BCUT2D eigenvalue weighted by molar-refractivity contribution is 0.370. The van der Waals surface area contributed by atoms with E-state index < -0.39 is 11.0 Å². The maximum absolute atomic E-state index is 12.0. The van der Waals surface area contributed by atoms with E-state index in [9.17, 15) is 4.21 Å². The van der Waals surface area contributed by atoms with Gasteiger partial charge in [-0.15, -0.1) is 0 Å². The second-order valence-corrected chi connectivity index (χ2v) is 7.49. The fraction of sp³-hybridized carbons (Fsp3) is 0.533. The summed E-state index contributed by atoms with van der Waals surface area (Å²) in [5.41, 5.74) is 1.22. The van der Waals surface area contributed by atoms with Crippen molar-refractivity contribution in [2.75, 3.05) is 7.11 Å². The summed E-state index contributed by atoms with van der Waals surface area (Å²) in [6, 6.07) is 10.2. The molecule has 3 nitrogen and oxygen atoms in total. The van der Waals surface area contributed by atoms with Crippen LogP contribution in [-0.2, 0) is 22.1 Å². The third-order valence-corrected chi connectivity index (χ3v) is 4.11. The summed E-state index contributed by atoms with van der Waals surface area (Å²) >= 11 is 0. The van der Waals surface area contributed by atoms with Crippen molar-refractivity contribution in [3.63, 3.8) is 0 Å². The third kappa shape index (κ3) is 5.15. The maximum Gasteiger partial charge on any atom is 0.200 e. The number of methoxy groups -OCH3 is 1. The largest absolute Gasteiger partial charge is 0.483 e. The minimum atomic E-state index is -1.28. The molecule has 0 fully saturated rings. The third-order valence-electron chi connectivity index (χ3n) is 2.71. The molecule has 0 bridgehead atoms. The van der Waals surface area contributed by atoms with Crippen molar-refractivity contribution in [3.8, 4) is 0 Å². The van der Waals surface area contributed by atoms with Crippen molar-refractivity contribution in [1.29, 1.82) is 0 Å². The fourth-order valence-electron chi connectivity index (χ4n) is 1.60. The molecule has 4 heteroatoms. The van der Waals surface area contributed by atoms with E-state index in [1.807, 2.05) is 45.9 Å². The molecule has 1 aromatic rings. The van der Waals surface area contributed by atoms with Crippen molar-refractivity contribution < 1.29 is 8.95 Å². The van der Waals surface area contributed by atoms with Crippen LogP contribution >= 0.6 is 0 Å². The van der Waals surface area contributed by atoms with Crippen LogP contribution in [-0.4, -0.2) is 22.0 Å². The SMILES string of the molecule is CO/C(=N\[S@](=O)C(C)(C)C)[C@H](C)Cc1ccccc1. The zero-order valence-corrected chi connectivity index (χ0v) is 13.2. The number of hydrogen-bond acceptors (Lipinski definition) is 2. The fourth-order valence-corrected chi connectivity index (χ4v) is 2.29. The van der Waals surface area contributed by atoms with E-state index in [4.69, 9.17) is 4.74 Å². The van der Waals surface area contributed by atoms with Crippen molar-refractivity contribution in [2.24, 2.45) is 10.3 Å². The van der Waals surface area contributed by atoms with Gasteiger partial charge in [0.25, 0.3) is 0 Å². The predicted molar refractivity (Wildman–Crippen MR) is 81.6 cm³/mol. The Morgan fingerprint density at radius 1 is 1.32 bits per heavy atom. The highest BCUT2D eigenvalue weighted by Gasteiger charge is 2.22. The summed E-state index contributed by atoms with van der Waals surface area (Å²) in [5, 5.41) is 0. The first kappa shape index (κ1) is 15.9. The molecule has 0 spiro atoms. The lowest BCUT2D eigenvalue weighted by Gasteiger charge is -2.17. The quantitative estimate of drug-likeness (QED) is 0.627. The zero-order valence-electron chi connectivity index (χ0n) is 12.3. The lowest BCUT2D eigenvalue weighted by atomic mass is 10.0. The summed E-state index contributed by atoms with van der Waals surface area (Å²) in [7, 11) is 0.301. The number of hydrogen-bond donors (Lipinski definition) is 0. The minimum absolute atomic E-state index is 0.110. The molecule has 0 heterocycles. The Labute approximate surface area is 118 Å². The van der Waals surface area contributed by atoms with Gasteiger partial charge in [0.1, 0.15) is 11.0 Å². The van der Waals surface area contributed by atoms with Crippen molar-refractivity contribution in [2.45, 2.75) is 38.9 Å². The molecule has 0 radical (unpaired) electrons. The molecule has 1 aromatic carbocycles. The van der Waals surface area contributed by atoms with E-state index in [2.05, 4.69) is 16.5 Å². The Bertz CT molecular complexity index is 449. The van der Waals surface area contributed by atoms with Crippen molar-refractivity contribution >= 4 is 16.9 Å². The minimum Gasteiger partial charge on any atom is -0.483 e. The van der Waals surface area contributed by atoms with Gasteiger partial charge < -0.3 is 4.74 Å². The van der Waals surface area contributed by atoms with Crippen LogP contribution < -0.4 is 0 Å². The first-order valence-corrected chi connectivity index (χ1v) is 7.53. The number of benzene rings is 1. The molecule has 0 unspecified atom stereocenters. The molecule has 0 saturated carbocycles. The van der Waals surface area contributed by atoms with Crippen molar-refractivity contribution in [1.82, 2.24) is 0 Å². The van der Waals surface area contributed by atoms with E-state index in [0.29, 0.717) is 5.90 Å². The van der Waals surface area contributed by atoms with Crippen LogP contribution in [0.15, 0.2) is 34.7 Å². The second kappa shape index (κ2) is 6.85. The highest BCUT2D eigenvalue weighted by Crippen LogP contribution is 2.16. The lowest BCUT2D eigenvalue weighted by Crippen LogP contribution is -2.24. The summed E-state index contributed by atoms with van der Waals surface area (Å²) < 4.78 is 21.2. The predicted octanol–water partition coefficient (Wildman–Crippen LogP) is 3.37. The van der Waals surface area contributed by atoms with Gasteiger partial charge in [0, 0.05) is 5.92 Å². The van der Waals surface area contributed by atoms with Gasteiger partial charge in [0.2, 0.25) is 5.90 Å². The summed E-state index contributed by atoms with van der Waals surface area (Å²) in [4.78, 5) is 0. The van der Waals surface area contributed by atoms with Gasteiger partial charge in [-0.1, -0.05) is 37.3 Å². The topological polar surface area (TPSA) is 38.7 Å². The first-order chi connectivity index (χ1) is 8.84. The van der Waals surface area contributed by atoms with E-state index in [1.54, 1.807) is 7.11 Å². The highest BCUT2D eigenvalue weighted by atomic mass is 32.2. The van der Waals surface area contributed by atoms with Crippen molar-refractivity contribution in [3.05, 3.63) is 35.9 Å². The molecule has 0 aliphatic carbocycles. The smallest absolute Gasteiger partial charge is 0.200 e. The summed E-state index contributed by atoms with van der Waals surface area (Å²) in [6.07, 6.45) is 0.828. The Kier molecular flexibility index (Phi) is 5.73. The Hall–Kier alpha value is -1.16. The van der Waals surface area contributed by atoms with Crippen LogP contribution in [0.4, 0.5) is 0 Å².